The number of hydrogen-bond donors (Lipinski definition) is 0. The van der Waals surface area contributed by atoms with Crippen LogP contribution in [0.3, 0.4) is 0 Å². The van der Waals surface area contributed by atoms with Crippen LogP contribution in [0.4, 0.5) is 17.6 Å². The van der Waals surface area contributed by atoms with Crippen LogP contribution in [0.2, 0.25) is 0 Å². The van der Waals surface area contributed by atoms with Gasteiger partial charge in [0.1, 0.15) is 6.26 Å². The van der Waals surface area contributed by atoms with Gasteiger partial charge in [0, 0.05) is 6.92 Å². The maximum atomic E-state index is 11.8. The molecule has 0 spiro atoms. The third-order valence-corrected chi connectivity index (χ3v) is 0.659. The highest BCUT2D eigenvalue weighted by molar-refractivity contribution is 5.66. The normalized spacial score (nSPS) is 10.1. The number of ether oxygens (including phenoxy) is 1. The van der Waals surface area contributed by atoms with Crippen LogP contribution >= 0.6 is 0 Å². The number of esters is 1. The van der Waals surface area contributed by atoms with Gasteiger partial charge in [0.05, 0.1) is 0 Å². The van der Waals surface area contributed by atoms with Crippen LogP contribution in [0.15, 0.2) is 17.8 Å². The summed E-state index contributed by atoms with van der Waals surface area (Å²) in [7, 11) is 0. The minimum absolute atomic E-state index is 0.213. The maximum absolute atomic E-state index is 11.8. The summed E-state index contributed by atoms with van der Waals surface area (Å²) in [5.74, 6) is -3.29. The summed E-state index contributed by atoms with van der Waals surface area (Å²) in [5.41, 5.74) is 1.11. The molecular weight excluding hydrogens is 180 g/mol. The fourth-order valence-corrected chi connectivity index (χ4v) is 0.246. The number of halogens is 4. The van der Waals surface area contributed by atoms with Crippen molar-refractivity contribution in [2.45, 2.75) is 13.1 Å². The molecule has 0 fully saturated rings. The van der Waals surface area contributed by atoms with Gasteiger partial charge in [0.15, 0.2) is 0 Å². The lowest BCUT2D eigenvalue weighted by Gasteiger charge is -1.97. The third kappa shape index (κ3) is 4.51. The Labute approximate surface area is 65.1 Å². The van der Waals surface area contributed by atoms with Crippen LogP contribution in [0, 0.1) is 0 Å². The van der Waals surface area contributed by atoms with E-state index in [1.165, 1.54) is 0 Å². The maximum Gasteiger partial charge on any atom is 0.450 e. The van der Waals surface area contributed by atoms with E-state index in [0.29, 0.717) is 0 Å². The molecule has 0 saturated carbocycles. The van der Waals surface area contributed by atoms with E-state index in [9.17, 15) is 22.4 Å². The predicted molar refractivity (Wildman–Crippen MR) is 30.5 cm³/mol. The Kier molecular flexibility index (Phi) is 3.50. The molecule has 0 rings (SSSR count). The number of carbonyl (C=O) groups is 1. The summed E-state index contributed by atoms with van der Waals surface area (Å²) in [4.78, 5) is 9.97. The lowest BCUT2D eigenvalue weighted by molar-refractivity contribution is -0.135. The Morgan fingerprint density at radius 2 is 2.00 bits per heavy atom. The quantitative estimate of drug-likeness (QED) is 0.270. The lowest BCUT2D eigenvalue weighted by atomic mass is 10.5. The molecule has 0 aliphatic rings. The average molecular weight is 184 g/mol. The van der Waals surface area contributed by atoms with Crippen LogP contribution in [0.1, 0.15) is 6.92 Å². The lowest BCUT2D eigenvalue weighted by Crippen LogP contribution is -2.06. The largest absolute Gasteiger partial charge is 0.450 e. The SMILES string of the molecule is CC(=O)OC=C=C(F)C(F)(F)F. The van der Waals surface area contributed by atoms with E-state index in [1.54, 1.807) is 0 Å². The zero-order valence-electron chi connectivity index (χ0n) is 5.91. The van der Waals surface area contributed by atoms with Gasteiger partial charge >= 0.3 is 12.1 Å². The van der Waals surface area contributed by atoms with E-state index in [2.05, 4.69) is 4.74 Å². The molecule has 0 radical (unpaired) electrons. The second-order valence-electron chi connectivity index (χ2n) is 1.68. The molecule has 0 aromatic carbocycles. The molecule has 0 unspecified atom stereocenters. The zero-order valence-corrected chi connectivity index (χ0v) is 5.91. The first kappa shape index (κ1) is 10.7. The summed E-state index contributed by atoms with van der Waals surface area (Å²) >= 11 is 0. The van der Waals surface area contributed by atoms with Gasteiger partial charge in [0.2, 0.25) is 5.83 Å². The first-order valence-corrected chi connectivity index (χ1v) is 2.69. The molecule has 0 amide bonds. The molecule has 0 atom stereocenters. The molecule has 0 aromatic rings. The van der Waals surface area contributed by atoms with E-state index in [0.717, 1.165) is 12.7 Å². The molecule has 0 N–H and O–H groups in total. The van der Waals surface area contributed by atoms with Gasteiger partial charge in [-0.05, 0) is 5.73 Å². The van der Waals surface area contributed by atoms with Crippen molar-refractivity contribution in [3.63, 3.8) is 0 Å². The van der Waals surface area contributed by atoms with Crippen molar-refractivity contribution in [2.24, 2.45) is 0 Å². The molecule has 2 nitrogen and oxygen atoms in total. The molecule has 0 saturated heterocycles. The van der Waals surface area contributed by atoms with Gasteiger partial charge in [-0.15, -0.1) is 0 Å². The van der Waals surface area contributed by atoms with Gasteiger partial charge in [-0.1, -0.05) is 0 Å². The van der Waals surface area contributed by atoms with Gasteiger partial charge in [-0.2, -0.15) is 17.6 Å². The molecule has 0 bridgehead atoms. The summed E-state index contributed by atoms with van der Waals surface area (Å²) < 4.78 is 49.7. The van der Waals surface area contributed by atoms with Crippen LogP contribution in [-0.2, 0) is 9.53 Å². The van der Waals surface area contributed by atoms with E-state index in [-0.39, 0.29) is 6.26 Å². The fraction of sp³-hybridized carbons (Fsp3) is 0.333. The Bertz CT molecular complexity index is 234. The van der Waals surface area contributed by atoms with Gasteiger partial charge in [-0.3, -0.25) is 4.79 Å². The smallest absolute Gasteiger partial charge is 0.426 e. The summed E-state index contributed by atoms with van der Waals surface area (Å²) in [6, 6.07) is 0. The van der Waals surface area contributed by atoms with Crippen molar-refractivity contribution in [3.8, 4) is 0 Å². The van der Waals surface area contributed by atoms with Crippen molar-refractivity contribution in [2.75, 3.05) is 0 Å². The van der Waals surface area contributed by atoms with Crippen LogP contribution in [0.25, 0.3) is 0 Å². The molecule has 0 heterocycles. The van der Waals surface area contributed by atoms with Gasteiger partial charge in [-0.25, -0.2) is 0 Å². The highest BCUT2D eigenvalue weighted by Crippen LogP contribution is 2.25. The van der Waals surface area contributed by atoms with Gasteiger partial charge in [0.25, 0.3) is 0 Å². The Morgan fingerprint density at radius 3 is 2.33 bits per heavy atom. The predicted octanol–water partition coefficient (Wildman–Crippen LogP) is 2.08. The van der Waals surface area contributed by atoms with Crippen LogP contribution < -0.4 is 0 Å². The first-order chi connectivity index (χ1) is 5.34. The first-order valence-electron chi connectivity index (χ1n) is 2.69. The van der Waals surface area contributed by atoms with Crippen molar-refractivity contribution >= 4 is 5.97 Å². The molecule has 6 heteroatoms. The van der Waals surface area contributed by atoms with E-state index < -0.39 is 18.0 Å². The molecule has 68 valence electrons. The van der Waals surface area contributed by atoms with Crippen molar-refractivity contribution in [1.82, 2.24) is 0 Å². The minimum Gasteiger partial charge on any atom is -0.426 e. The summed E-state index contributed by atoms with van der Waals surface area (Å²) in [6.45, 7) is 0.962. The molecule has 12 heavy (non-hydrogen) atoms. The fourth-order valence-electron chi connectivity index (χ4n) is 0.246. The number of allylic oxidation sites excluding steroid dienone is 1. The Balaban J connectivity index is 4.35. The zero-order chi connectivity index (χ0) is 9.78. The van der Waals surface area contributed by atoms with Crippen LogP contribution in [-0.4, -0.2) is 12.1 Å². The summed E-state index contributed by atoms with van der Waals surface area (Å²) in [6.07, 6.45) is -4.87. The monoisotopic (exact) mass is 184 g/mol. The summed E-state index contributed by atoms with van der Waals surface area (Å²) in [5, 5.41) is 0. The van der Waals surface area contributed by atoms with Gasteiger partial charge < -0.3 is 4.74 Å². The van der Waals surface area contributed by atoms with E-state index in [4.69, 9.17) is 0 Å². The van der Waals surface area contributed by atoms with Crippen molar-refractivity contribution < 1.29 is 27.1 Å². The van der Waals surface area contributed by atoms with Crippen molar-refractivity contribution in [3.05, 3.63) is 17.8 Å². The van der Waals surface area contributed by atoms with E-state index >= 15 is 0 Å². The number of carbonyl (C=O) groups excluding carboxylic acids is 1. The highest BCUT2D eigenvalue weighted by Gasteiger charge is 2.34. The second-order valence-corrected chi connectivity index (χ2v) is 1.68. The number of rotatable bonds is 1. The van der Waals surface area contributed by atoms with Crippen LogP contribution in [0.5, 0.6) is 0 Å². The Morgan fingerprint density at radius 1 is 1.50 bits per heavy atom. The minimum atomic E-state index is -5.09. The second kappa shape index (κ2) is 3.92. The number of hydrogen-bond acceptors (Lipinski definition) is 2. The molecular formula is C6H4F4O2. The van der Waals surface area contributed by atoms with E-state index in [1.807, 2.05) is 0 Å². The Hall–Kier alpha value is -1.29. The standard InChI is InChI=1S/C6H4F4O2/c1-4(11)12-3-2-5(7)6(8,9)10/h3H,1H3. The third-order valence-electron chi connectivity index (χ3n) is 0.659. The van der Waals surface area contributed by atoms with Crippen molar-refractivity contribution in [1.29, 1.82) is 0 Å². The average Bonchev–Trinajstić information content (AvgIpc) is 1.84. The molecule has 0 aliphatic carbocycles. The molecule has 0 aromatic heterocycles. The topological polar surface area (TPSA) is 26.3 Å². The highest BCUT2D eigenvalue weighted by atomic mass is 19.4. The molecule has 0 aliphatic heterocycles. The number of alkyl halides is 3.